The maximum absolute atomic E-state index is 8.72. The van der Waals surface area contributed by atoms with Crippen LogP contribution in [0.5, 0.6) is 0 Å². The van der Waals surface area contributed by atoms with Gasteiger partial charge in [-0.3, -0.25) is 0 Å². The van der Waals surface area contributed by atoms with E-state index in [9.17, 15) is 0 Å². The minimum absolute atomic E-state index is 0. The lowest BCUT2D eigenvalue weighted by Crippen LogP contribution is -1.82. The highest BCUT2D eigenvalue weighted by Crippen LogP contribution is 2.06. The molecule has 1 aliphatic rings. The first-order valence-electron chi connectivity index (χ1n) is 2.44. The Bertz CT molecular complexity index is 114. The van der Waals surface area contributed by atoms with Crippen molar-refractivity contribution in [2.45, 2.75) is 12.8 Å². The third-order valence-corrected chi connectivity index (χ3v) is 0.992. The van der Waals surface area contributed by atoms with Crippen LogP contribution in [0.2, 0.25) is 0 Å². The van der Waals surface area contributed by atoms with Gasteiger partial charge in [0.2, 0.25) is 0 Å². The fourth-order valence-electron chi connectivity index (χ4n) is 0.590. The first-order chi connectivity index (χ1) is 3.39. The first kappa shape index (κ1) is 7.24. The molecule has 0 amide bonds. The molecule has 2 nitrogen and oxygen atoms in total. The Hall–Kier alpha value is -0.760. The number of aliphatic hydroxyl groups excluding tert-OH is 1. The SMILES string of the molecule is O.OC1=CC=CCC1. The summed E-state index contributed by atoms with van der Waals surface area (Å²) in [4.78, 5) is 0. The summed E-state index contributed by atoms with van der Waals surface area (Å²) in [6.45, 7) is 0. The number of allylic oxidation sites excluding steroid dienone is 4. The Morgan fingerprint density at radius 1 is 1.50 bits per heavy atom. The lowest BCUT2D eigenvalue weighted by molar-refractivity contribution is 0.387. The second kappa shape index (κ2) is 3.27. The number of hydrogen-bond acceptors (Lipinski definition) is 1. The molecule has 0 saturated carbocycles. The molecule has 0 radical (unpaired) electrons. The predicted molar refractivity (Wildman–Crippen MR) is 32.7 cm³/mol. The molecular formula is C6H10O2. The molecule has 0 bridgehead atoms. The molecular weight excluding hydrogens is 104 g/mol. The topological polar surface area (TPSA) is 51.7 Å². The van der Waals surface area contributed by atoms with Crippen molar-refractivity contribution in [1.29, 1.82) is 0 Å². The Labute approximate surface area is 48.5 Å². The van der Waals surface area contributed by atoms with Gasteiger partial charge >= 0.3 is 0 Å². The van der Waals surface area contributed by atoms with Gasteiger partial charge in [-0.05, 0) is 12.5 Å². The highest BCUT2D eigenvalue weighted by molar-refractivity contribution is 5.11. The molecule has 2 heteroatoms. The van der Waals surface area contributed by atoms with Crippen LogP contribution < -0.4 is 0 Å². The van der Waals surface area contributed by atoms with Gasteiger partial charge in [0.25, 0.3) is 0 Å². The summed E-state index contributed by atoms with van der Waals surface area (Å²) in [7, 11) is 0. The monoisotopic (exact) mass is 114 g/mol. The van der Waals surface area contributed by atoms with Crippen LogP contribution in [0.4, 0.5) is 0 Å². The third kappa shape index (κ3) is 1.80. The van der Waals surface area contributed by atoms with Crippen LogP contribution in [-0.2, 0) is 0 Å². The van der Waals surface area contributed by atoms with Crippen LogP contribution in [-0.4, -0.2) is 10.6 Å². The minimum atomic E-state index is 0. The van der Waals surface area contributed by atoms with Crippen molar-refractivity contribution < 1.29 is 10.6 Å². The molecule has 1 aliphatic carbocycles. The van der Waals surface area contributed by atoms with Gasteiger partial charge in [0.05, 0.1) is 5.76 Å². The molecule has 3 N–H and O–H groups in total. The molecule has 0 atom stereocenters. The zero-order valence-electron chi connectivity index (χ0n) is 4.59. The van der Waals surface area contributed by atoms with Gasteiger partial charge < -0.3 is 10.6 Å². The fourth-order valence-corrected chi connectivity index (χ4v) is 0.590. The Kier molecular flexibility index (Phi) is 2.96. The van der Waals surface area contributed by atoms with Crippen molar-refractivity contribution in [1.82, 2.24) is 0 Å². The molecule has 0 aromatic rings. The van der Waals surface area contributed by atoms with E-state index < -0.39 is 0 Å². The van der Waals surface area contributed by atoms with Gasteiger partial charge in [0, 0.05) is 6.42 Å². The highest BCUT2D eigenvalue weighted by atomic mass is 16.3. The number of aliphatic hydroxyl groups is 1. The predicted octanol–water partition coefficient (Wildman–Crippen LogP) is 0.954. The van der Waals surface area contributed by atoms with Crippen LogP contribution in [0.1, 0.15) is 12.8 Å². The largest absolute Gasteiger partial charge is 0.512 e. The smallest absolute Gasteiger partial charge is 0.0925 e. The van der Waals surface area contributed by atoms with Crippen molar-refractivity contribution in [3.05, 3.63) is 24.0 Å². The van der Waals surface area contributed by atoms with Crippen molar-refractivity contribution in [3.63, 3.8) is 0 Å². The van der Waals surface area contributed by atoms with Crippen LogP contribution in [0.15, 0.2) is 24.0 Å². The molecule has 0 spiro atoms. The summed E-state index contributed by atoms with van der Waals surface area (Å²) in [6, 6.07) is 0. The Morgan fingerprint density at radius 3 is 2.50 bits per heavy atom. The molecule has 0 fully saturated rings. The average Bonchev–Trinajstić information content (AvgIpc) is 1.69. The molecule has 1 rings (SSSR count). The molecule has 8 heavy (non-hydrogen) atoms. The summed E-state index contributed by atoms with van der Waals surface area (Å²) in [5.41, 5.74) is 0. The minimum Gasteiger partial charge on any atom is -0.512 e. The van der Waals surface area contributed by atoms with Crippen LogP contribution >= 0.6 is 0 Å². The van der Waals surface area contributed by atoms with E-state index in [1.165, 1.54) is 0 Å². The molecule has 46 valence electrons. The standard InChI is InChI=1S/C6H8O.H2O/c7-6-4-2-1-3-5-6;/h1-2,4,7H,3,5H2;1H2. The molecule has 0 saturated heterocycles. The lowest BCUT2D eigenvalue weighted by atomic mass is 10.2. The molecule has 0 aromatic carbocycles. The maximum Gasteiger partial charge on any atom is 0.0925 e. The van der Waals surface area contributed by atoms with Gasteiger partial charge in [-0.15, -0.1) is 0 Å². The molecule has 0 aliphatic heterocycles. The Morgan fingerprint density at radius 2 is 2.25 bits per heavy atom. The highest BCUT2D eigenvalue weighted by Gasteiger charge is 1.91. The van der Waals surface area contributed by atoms with Gasteiger partial charge in [-0.2, -0.15) is 0 Å². The molecule has 0 unspecified atom stereocenters. The van der Waals surface area contributed by atoms with E-state index in [4.69, 9.17) is 5.11 Å². The summed E-state index contributed by atoms with van der Waals surface area (Å²) < 4.78 is 0. The lowest BCUT2D eigenvalue weighted by Gasteiger charge is -1.97. The van der Waals surface area contributed by atoms with Crippen molar-refractivity contribution in [2.75, 3.05) is 0 Å². The molecule has 0 heterocycles. The molecule has 0 aromatic heterocycles. The van der Waals surface area contributed by atoms with Gasteiger partial charge in [0.1, 0.15) is 0 Å². The van der Waals surface area contributed by atoms with E-state index in [2.05, 4.69) is 0 Å². The normalized spacial score (nSPS) is 16.8. The fraction of sp³-hybridized carbons (Fsp3) is 0.333. The van der Waals surface area contributed by atoms with Crippen molar-refractivity contribution in [3.8, 4) is 0 Å². The van der Waals surface area contributed by atoms with Gasteiger partial charge in [-0.25, -0.2) is 0 Å². The summed E-state index contributed by atoms with van der Waals surface area (Å²) in [5, 5.41) is 8.72. The third-order valence-electron chi connectivity index (χ3n) is 0.992. The van der Waals surface area contributed by atoms with E-state index in [1.807, 2.05) is 12.2 Å². The second-order valence-corrected chi connectivity index (χ2v) is 1.62. The van der Waals surface area contributed by atoms with Crippen molar-refractivity contribution in [2.24, 2.45) is 0 Å². The number of rotatable bonds is 0. The summed E-state index contributed by atoms with van der Waals surface area (Å²) in [5.74, 6) is 0.502. The number of hydrogen-bond donors (Lipinski definition) is 1. The van der Waals surface area contributed by atoms with E-state index in [0.29, 0.717) is 5.76 Å². The Balaban J connectivity index is 0.000000490. The van der Waals surface area contributed by atoms with E-state index in [0.717, 1.165) is 12.8 Å². The quantitative estimate of drug-likeness (QED) is 0.501. The van der Waals surface area contributed by atoms with Crippen LogP contribution in [0.25, 0.3) is 0 Å². The van der Waals surface area contributed by atoms with Crippen LogP contribution in [0.3, 0.4) is 0 Å². The van der Waals surface area contributed by atoms with Crippen molar-refractivity contribution >= 4 is 0 Å². The average molecular weight is 114 g/mol. The maximum atomic E-state index is 8.72. The van der Waals surface area contributed by atoms with E-state index in [-0.39, 0.29) is 5.48 Å². The summed E-state index contributed by atoms with van der Waals surface area (Å²) in [6.07, 6.45) is 7.45. The van der Waals surface area contributed by atoms with E-state index >= 15 is 0 Å². The first-order valence-corrected chi connectivity index (χ1v) is 2.44. The zero-order valence-corrected chi connectivity index (χ0v) is 4.59. The summed E-state index contributed by atoms with van der Waals surface area (Å²) >= 11 is 0. The van der Waals surface area contributed by atoms with Gasteiger partial charge in [-0.1, -0.05) is 12.2 Å². The zero-order chi connectivity index (χ0) is 5.11. The second-order valence-electron chi connectivity index (χ2n) is 1.62. The van der Waals surface area contributed by atoms with Crippen LogP contribution in [0, 0.1) is 0 Å². The van der Waals surface area contributed by atoms with E-state index in [1.54, 1.807) is 6.08 Å². The van der Waals surface area contributed by atoms with Gasteiger partial charge in [0.15, 0.2) is 0 Å².